The monoisotopic (exact) mass is 381 g/mol. The molecule has 18 heavy (non-hydrogen) atoms. The van der Waals surface area contributed by atoms with Crippen molar-refractivity contribution in [2.75, 3.05) is 21.3 Å². The van der Waals surface area contributed by atoms with E-state index in [-0.39, 0.29) is 0 Å². The Morgan fingerprint density at radius 1 is 0.778 bits per heavy atom. The molecule has 0 aromatic rings. The van der Waals surface area contributed by atoms with E-state index in [1.165, 1.54) is 0 Å². The van der Waals surface area contributed by atoms with Crippen molar-refractivity contribution in [3.05, 3.63) is 0 Å². The summed E-state index contributed by atoms with van der Waals surface area (Å²) >= 11 is 11.6. The van der Waals surface area contributed by atoms with Crippen molar-refractivity contribution < 1.29 is 42.9 Å². The zero-order valence-corrected chi connectivity index (χ0v) is 14.5. The Kier molecular flexibility index (Phi) is 15.4. The summed E-state index contributed by atoms with van der Waals surface area (Å²) in [7, 11) is 3.27. The quantitative estimate of drug-likeness (QED) is 0.447. The highest BCUT2D eigenvalue weighted by Gasteiger charge is 1.99. The molecule has 0 aliphatic rings. The molecule has 0 bridgehead atoms. The van der Waals surface area contributed by atoms with Crippen molar-refractivity contribution in [2.45, 2.75) is 0 Å². The minimum Gasteiger partial charge on any atom is -0.812 e. The van der Waals surface area contributed by atoms with E-state index >= 15 is 0 Å². The number of hydrogen-bond donors (Lipinski definition) is 3. The van der Waals surface area contributed by atoms with Crippen LogP contribution in [0.3, 0.4) is 0 Å². The highest BCUT2D eigenvalue weighted by molar-refractivity contribution is 8.06. The molecule has 0 saturated carbocycles. The number of hydrogen-bond acceptors (Lipinski definition) is 9. The fourth-order valence-corrected chi connectivity index (χ4v) is 0. The Morgan fingerprint density at radius 2 is 0.944 bits per heavy atom. The van der Waals surface area contributed by atoms with E-state index in [0.29, 0.717) is 0 Å². The molecule has 0 amide bonds. The van der Waals surface area contributed by atoms with Crippen molar-refractivity contribution in [1.29, 1.82) is 0 Å². The summed E-state index contributed by atoms with van der Waals surface area (Å²) in [6.07, 6.45) is 0. The molecule has 9 nitrogen and oxygen atoms in total. The van der Waals surface area contributed by atoms with E-state index in [1.54, 1.807) is 0 Å². The van der Waals surface area contributed by atoms with Crippen LogP contribution in [0.25, 0.3) is 0 Å². The van der Waals surface area contributed by atoms with Crippen LogP contribution in [0.15, 0.2) is 0 Å². The predicted octanol–water partition coefficient (Wildman–Crippen LogP) is -2.37. The van der Waals surface area contributed by atoms with Crippen molar-refractivity contribution in [1.82, 2.24) is 0 Å². The van der Waals surface area contributed by atoms with Crippen molar-refractivity contribution in [3.8, 4) is 0 Å². The van der Waals surface area contributed by atoms with Crippen molar-refractivity contribution in [2.24, 2.45) is 0 Å². The Hall–Kier alpha value is 1.59. The topological polar surface area (TPSA) is 158 Å². The molecule has 0 spiro atoms. The predicted molar refractivity (Wildman–Crippen MR) is 70.5 cm³/mol. The highest BCUT2D eigenvalue weighted by Crippen LogP contribution is 2.34. The van der Waals surface area contributed by atoms with Gasteiger partial charge in [0.25, 0.3) is 0 Å². The van der Waals surface area contributed by atoms with Gasteiger partial charge in [-0.15, -0.1) is 11.8 Å². The summed E-state index contributed by atoms with van der Waals surface area (Å²) in [6, 6.07) is 0. The molecule has 1 unspecified atom stereocenters. The third-order valence-electron chi connectivity index (χ3n) is 0.692. The van der Waals surface area contributed by atoms with Gasteiger partial charge in [-0.1, -0.05) is 18.5 Å². The molecule has 0 radical (unpaired) electrons. The molecule has 0 aliphatic heterocycles. The van der Waals surface area contributed by atoms with Crippen LogP contribution in [0, 0.1) is 0 Å². The molecule has 0 saturated heterocycles. The zero-order valence-electron chi connectivity index (χ0n) is 9.36. The molecule has 0 aromatic heterocycles. The van der Waals surface area contributed by atoms with Gasteiger partial charge in [0, 0.05) is 21.3 Å². The summed E-state index contributed by atoms with van der Waals surface area (Å²) in [6.45, 7) is -10.7. The Labute approximate surface area is 120 Å². The molecule has 114 valence electrons. The van der Waals surface area contributed by atoms with Crippen LogP contribution in [0.4, 0.5) is 0 Å². The first-order chi connectivity index (χ1) is 7.68. The van der Waals surface area contributed by atoms with Crippen molar-refractivity contribution >= 4 is 55.6 Å². The van der Waals surface area contributed by atoms with E-state index < -0.39 is 20.2 Å². The lowest BCUT2D eigenvalue weighted by atomic mass is 11.8. The minimum atomic E-state index is -3.81. The van der Waals surface area contributed by atoms with Crippen LogP contribution >= 0.6 is 20.2 Å². The number of rotatable bonds is 3. The van der Waals surface area contributed by atoms with E-state index in [4.69, 9.17) is 14.7 Å². The van der Waals surface area contributed by atoms with E-state index in [0.717, 1.165) is 21.3 Å². The molecular weight excluding hydrogens is 369 g/mol. The fourth-order valence-electron chi connectivity index (χ4n) is 0. The van der Waals surface area contributed by atoms with Gasteiger partial charge in [-0.2, -0.15) is 0 Å². The van der Waals surface area contributed by atoms with E-state index in [2.05, 4.69) is 49.0 Å². The summed E-state index contributed by atoms with van der Waals surface area (Å²) in [5, 5.41) is 0. The SMILES string of the molecule is COP(O)(O)=S.COP([O-])(O)=S.COP([O-])([O-])=S. The van der Waals surface area contributed by atoms with Gasteiger partial charge in [-0.05, 0) is 11.8 Å². The average Bonchev–Trinajstić information content (AvgIpc) is 2.16. The van der Waals surface area contributed by atoms with Gasteiger partial charge in [0.2, 0.25) is 0 Å². The fraction of sp³-hybridized carbons (Fsp3) is 1.00. The minimum absolute atomic E-state index is 1.03. The van der Waals surface area contributed by atoms with Gasteiger partial charge in [0.15, 0.2) is 0 Å². The first kappa shape index (κ1) is 24.6. The molecule has 0 heterocycles. The lowest BCUT2D eigenvalue weighted by molar-refractivity contribution is -0.319. The zero-order chi connectivity index (χ0) is 15.6. The second kappa shape index (κ2) is 11.3. The normalized spacial score (nSPS) is 14.5. The molecule has 15 heteroatoms. The first-order valence-electron chi connectivity index (χ1n) is 3.47. The largest absolute Gasteiger partial charge is 0.812 e. The molecule has 0 rings (SSSR count). The Balaban J connectivity index is -0.000000187. The second-order valence-corrected chi connectivity index (χ2v) is 10.0. The van der Waals surface area contributed by atoms with Gasteiger partial charge >= 0.3 is 6.72 Å². The molecule has 0 aliphatic carbocycles. The smallest absolute Gasteiger partial charge is 0.321 e. The van der Waals surface area contributed by atoms with Gasteiger partial charge in [0.1, 0.15) is 6.72 Å². The molecule has 3 N–H and O–H groups in total. The summed E-state index contributed by atoms with van der Waals surface area (Å²) < 4.78 is 11.6. The van der Waals surface area contributed by atoms with Crippen molar-refractivity contribution in [3.63, 3.8) is 0 Å². The average molecular weight is 381 g/mol. The van der Waals surface area contributed by atoms with Crippen LogP contribution in [0.5, 0.6) is 0 Å². The van der Waals surface area contributed by atoms with Crippen LogP contribution in [0.2, 0.25) is 0 Å². The maximum absolute atomic E-state index is 9.73. The summed E-state index contributed by atoms with van der Waals surface area (Å²) in [5.41, 5.74) is 0. The molecular formula is C3H12O9P3S3-3. The highest BCUT2D eigenvalue weighted by atomic mass is 32.5. The standard InChI is InChI=1S/3CH5O3PS/c3*1-4-5(2,3)6/h3*1H3,(H2,2,3,6)/p-3. The van der Waals surface area contributed by atoms with Crippen LogP contribution in [0.1, 0.15) is 0 Å². The Bertz CT molecular complexity index is 277. The second-order valence-electron chi connectivity index (χ2n) is 1.95. The molecule has 0 aromatic carbocycles. The maximum atomic E-state index is 9.73. The van der Waals surface area contributed by atoms with Gasteiger partial charge in [-0.3, -0.25) is 0 Å². The summed E-state index contributed by atoms with van der Waals surface area (Å²) in [4.78, 5) is 53.1. The van der Waals surface area contributed by atoms with Gasteiger partial charge in [0.05, 0.1) is 0 Å². The van der Waals surface area contributed by atoms with Crippen LogP contribution in [-0.4, -0.2) is 36.0 Å². The lowest BCUT2D eigenvalue weighted by Crippen LogP contribution is -2.13. The third kappa shape index (κ3) is 43.2. The first-order valence-corrected chi connectivity index (χ1v) is 11.2. The summed E-state index contributed by atoms with van der Waals surface area (Å²) in [5.74, 6) is 0. The third-order valence-corrected chi connectivity index (χ3v) is 3.42. The van der Waals surface area contributed by atoms with Crippen LogP contribution in [-0.2, 0) is 49.0 Å². The Morgan fingerprint density at radius 3 is 0.944 bits per heavy atom. The lowest BCUT2D eigenvalue weighted by Gasteiger charge is -2.31. The maximum Gasteiger partial charge on any atom is 0.321 e. The van der Waals surface area contributed by atoms with Gasteiger partial charge in [-0.25, -0.2) is 0 Å². The van der Waals surface area contributed by atoms with E-state index in [1.807, 2.05) is 0 Å². The molecule has 0 fully saturated rings. The molecule has 1 atom stereocenters. The van der Waals surface area contributed by atoms with Crippen LogP contribution < -0.4 is 14.7 Å². The van der Waals surface area contributed by atoms with E-state index in [9.17, 15) is 14.7 Å². The van der Waals surface area contributed by atoms with Gasteiger partial charge < -0.3 is 42.9 Å².